The first-order valence-corrected chi connectivity index (χ1v) is 7.63. The second-order valence-electron chi connectivity index (χ2n) is 5.13. The van der Waals surface area contributed by atoms with Crippen LogP contribution in [0.2, 0.25) is 0 Å². The van der Waals surface area contributed by atoms with E-state index >= 15 is 0 Å². The first-order valence-electron chi connectivity index (χ1n) is 6.81. The molecule has 1 aromatic carbocycles. The van der Waals surface area contributed by atoms with Gasteiger partial charge in [0.25, 0.3) is 5.91 Å². The van der Waals surface area contributed by atoms with E-state index < -0.39 is 0 Å². The monoisotopic (exact) mass is 313 g/mol. The summed E-state index contributed by atoms with van der Waals surface area (Å²) < 4.78 is 1.78. The summed E-state index contributed by atoms with van der Waals surface area (Å²) >= 11 is 1.40. The summed E-state index contributed by atoms with van der Waals surface area (Å²) in [5.74, 6) is -0.207. The largest absolute Gasteiger partial charge is 0.321 e. The lowest BCUT2D eigenvalue weighted by atomic mass is 10.1. The summed E-state index contributed by atoms with van der Waals surface area (Å²) in [6.45, 7) is 3.43. The molecule has 0 aliphatic heterocycles. The van der Waals surface area contributed by atoms with Crippen LogP contribution in [0.4, 0.5) is 5.69 Å². The van der Waals surface area contributed by atoms with Gasteiger partial charge in [-0.2, -0.15) is 5.10 Å². The highest BCUT2D eigenvalue weighted by Crippen LogP contribution is 2.28. The first kappa shape index (κ1) is 14.5. The lowest BCUT2D eigenvalue weighted by Gasteiger charge is -2.04. The fourth-order valence-electron chi connectivity index (χ4n) is 2.33. The quantitative estimate of drug-likeness (QED) is 0.754. The van der Waals surface area contributed by atoms with E-state index in [1.165, 1.54) is 18.3 Å². The van der Waals surface area contributed by atoms with Crippen LogP contribution in [0.15, 0.2) is 30.3 Å². The van der Waals surface area contributed by atoms with Crippen molar-refractivity contribution < 1.29 is 9.59 Å². The van der Waals surface area contributed by atoms with Crippen LogP contribution >= 0.6 is 11.3 Å². The number of carbonyl (C=O) groups is 2. The van der Waals surface area contributed by atoms with Crippen LogP contribution in [0.5, 0.6) is 0 Å². The zero-order chi connectivity index (χ0) is 15.9. The molecule has 0 unspecified atom stereocenters. The van der Waals surface area contributed by atoms with Crippen molar-refractivity contribution >= 4 is 38.9 Å². The lowest BCUT2D eigenvalue weighted by molar-refractivity contribution is 0.101. The van der Waals surface area contributed by atoms with E-state index in [1.807, 2.05) is 20.0 Å². The van der Waals surface area contributed by atoms with Gasteiger partial charge in [-0.05, 0) is 32.0 Å². The van der Waals surface area contributed by atoms with E-state index in [2.05, 4.69) is 10.4 Å². The van der Waals surface area contributed by atoms with E-state index in [-0.39, 0.29) is 11.7 Å². The topological polar surface area (TPSA) is 64.0 Å². The molecule has 0 aliphatic carbocycles. The molecule has 6 heteroatoms. The third-order valence-corrected chi connectivity index (χ3v) is 4.65. The van der Waals surface area contributed by atoms with Crippen molar-refractivity contribution in [1.82, 2.24) is 9.78 Å². The molecule has 22 heavy (non-hydrogen) atoms. The number of Topliss-reactive ketones (excluding diaryl/α,β-unsaturated/α-hetero) is 1. The smallest absolute Gasteiger partial charge is 0.265 e. The van der Waals surface area contributed by atoms with Crippen molar-refractivity contribution in [2.45, 2.75) is 13.8 Å². The fourth-order valence-corrected chi connectivity index (χ4v) is 3.34. The summed E-state index contributed by atoms with van der Waals surface area (Å²) in [4.78, 5) is 25.4. The second-order valence-corrected chi connectivity index (χ2v) is 6.16. The maximum absolute atomic E-state index is 12.4. The molecule has 0 bridgehead atoms. The highest BCUT2D eigenvalue weighted by Gasteiger charge is 2.15. The number of anilines is 1. The van der Waals surface area contributed by atoms with Gasteiger partial charge >= 0.3 is 0 Å². The van der Waals surface area contributed by atoms with E-state index in [0.717, 1.165) is 15.9 Å². The Bertz CT molecular complexity index is 858. The number of amides is 1. The van der Waals surface area contributed by atoms with Crippen LogP contribution < -0.4 is 5.32 Å². The molecule has 1 N–H and O–H groups in total. The third-order valence-electron chi connectivity index (χ3n) is 3.45. The highest BCUT2D eigenvalue weighted by atomic mass is 32.1. The Labute approximate surface area is 131 Å². The maximum atomic E-state index is 12.4. The van der Waals surface area contributed by atoms with Crippen LogP contribution in [-0.2, 0) is 7.05 Å². The van der Waals surface area contributed by atoms with Crippen molar-refractivity contribution in [2.75, 3.05) is 5.32 Å². The first-order chi connectivity index (χ1) is 10.5. The Kier molecular flexibility index (Phi) is 3.54. The van der Waals surface area contributed by atoms with Gasteiger partial charge in [0.2, 0.25) is 0 Å². The molecular formula is C16H15N3O2S. The molecule has 0 spiro atoms. The van der Waals surface area contributed by atoms with Crippen LogP contribution in [-0.4, -0.2) is 21.5 Å². The van der Waals surface area contributed by atoms with Gasteiger partial charge < -0.3 is 5.32 Å². The minimum Gasteiger partial charge on any atom is -0.321 e. The fraction of sp³-hybridized carbons (Fsp3) is 0.188. The molecule has 0 fully saturated rings. The molecular weight excluding hydrogens is 298 g/mol. The van der Waals surface area contributed by atoms with E-state index in [9.17, 15) is 9.59 Å². The van der Waals surface area contributed by atoms with Crippen molar-refractivity contribution in [3.8, 4) is 0 Å². The number of nitrogens with zero attached hydrogens (tertiary/aromatic N) is 2. The number of thiophene rings is 1. The summed E-state index contributed by atoms with van der Waals surface area (Å²) in [6.07, 6.45) is 0. The Morgan fingerprint density at radius 2 is 2.05 bits per heavy atom. The molecule has 2 heterocycles. The molecule has 1 amide bonds. The second kappa shape index (κ2) is 5.38. The molecule has 112 valence electrons. The molecule has 0 atom stereocenters. The molecule has 3 rings (SSSR count). The predicted molar refractivity (Wildman–Crippen MR) is 87.7 cm³/mol. The summed E-state index contributed by atoms with van der Waals surface area (Å²) in [6, 6.07) is 8.79. The van der Waals surface area contributed by atoms with Gasteiger partial charge in [0, 0.05) is 23.7 Å². The van der Waals surface area contributed by atoms with Gasteiger partial charge in [-0.25, -0.2) is 0 Å². The van der Waals surface area contributed by atoms with Gasteiger partial charge in [0.1, 0.15) is 4.83 Å². The lowest BCUT2D eigenvalue weighted by Crippen LogP contribution is -2.10. The molecule has 3 aromatic rings. The molecule has 0 radical (unpaired) electrons. The number of fused-ring (bicyclic) bond motifs is 1. The van der Waals surface area contributed by atoms with E-state index in [0.29, 0.717) is 16.1 Å². The molecule has 5 nitrogen and oxygen atoms in total. The Morgan fingerprint density at radius 1 is 1.27 bits per heavy atom. The minimum atomic E-state index is -0.179. The number of rotatable bonds is 3. The van der Waals surface area contributed by atoms with Crippen molar-refractivity contribution in [1.29, 1.82) is 0 Å². The number of hydrogen-bond donors (Lipinski definition) is 1. The van der Waals surface area contributed by atoms with Gasteiger partial charge in [-0.15, -0.1) is 11.3 Å². The highest BCUT2D eigenvalue weighted by molar-refractivity contribution is 7.20. The average Bonchev–Trinajstić information content (AvgIpc) is 3.02. The number of hydrogen-bond acceptors (Lipinski definition) is 4. The maximum Gasteiger partial charge on any atom is 0.265 e. The predicted octanol–water partition coefficient (Wildman–Crippen LogP) is 3.40. The Balaban J connectivity index is 1.88. The number of ketones is 1. The van der Waals surface area contributed by atoms with Gasteiger partial charge in [0.15, 0.2) is 5.78 Å². The van der Waals surface area contributed by atoms with Gasteiger partial charge in [0.05, 0.1) is 10.6 Å². The number of nitrogens with one attached hydrogen (secondary N) is 1. The number of benzene rings is 1. The summed E-state index contributed by atoms with van der Waals surface area (Å²) in [7, 11) is 1.86. The zero-order valence-electron chi connectivity index (χ0n) is 12.5. The molecule has 0 saturated heterocycles. The number of aromatic nitrogens is 2. The van der Waals surface area contributed by atoms with Gasteiger partial charge in [-0.1, -0.05) is 12.1 Å². The average molecular weight is 313 g/mol. The normalized spacial score (nSPS) is 10.9. The van der Waals surface area contributed by atoms with Crippen LogP contribution in [0.25, 0.3) is 10.2 Å². The van der Waals surface area contributed by atoms with Crippen molar-refractivity contribution in [3.05, 3.63) is 46.5 Å². The molecule has 0 saturated carbocycles. The summed E-state index contributed by atoms with van der Waals surface area (Å²) in [5.41, 5.74) is 2.10. The number of aryl methyl sites for hydroxylation is 2. The Morgan fingerprint density at radius 3 is 2.73 bits per heavy atom. The van der Waals surface area contributed by atoms with Crippen LogP contribution in [0.3, 0.4) is 0 Å². The minimum absolute atomic E-state index is 0.0281. The van der Waals surface area contributed by atoms with E-state index in [1.54, 1.807) is 28.9 Å². The van der Waals surface area contributed by atoms with Gasteiger partial charge in [-0.3, -0.25) is 14.3 Å². The third kappa shape index (κ3) is 2.53. The standard InChI is InChI=1S/C16H15N3O2S/c1-9-13-8-14(22-16(13)19(3)18-9)15(21)17-12-6-4-5-11(7-12)10(2)20/h4-8H,1-3H3,(H,17,21). The number of carbonyl (C=O) groups excluding carboxylic acids is 2. The van der Waals surface area contributed by atoms with Crippen molar-refractivity contribution in [3.63, 3.8) is 0 Å². The van der Waals surface area contributed by atoms with E-state index in [4.69, 9.17) is 0 Å². The van der Waals surface area contributed by atoms with Crippen LogP contribution in [0, 0.1) is 6.92 Å². The molecule has 2 aromatic heterocycles. The zero-order valence-corrected chi connectivity index (χ0v) is 13.3. The SMILES string of the molecule is CC(=O)c1cccc(NC(=O)c2cc3c(C)nn(C)c3s2)c1. The van der Waals surface area contributed by atoms with Crippen LogP contribution in [0.1, 0.15) is 32.6 Å². The summed E-state index contributed by atoms with van der Waals surface area (Å²) in [5, 5.41) is 8.15. The molecule has 0 aliphatic rings. The Hall–Kier alpha value is -2.47. The van der Waals surface area contributed by atoms with Crippen molar-refractivity contribution in [2.24, 2.45) is 7.05 Å².